The summed E-state index contributed by atoms with van der Waals surface area (Å²) < 4.78 is 50.8. The van der Waals surface area contributed by atoms with Gasteiger partial charge in [0.1, 0.15) is 12.2 Å². The topological polar surface area (TPSA) is 120 Å². The molecular formula is C28H29FN2O7S. The highest BCUT2D eigenvalue weighted by atomic mass is 32.3. The molecule has 0 heterocycles. The van der Waals surface area contributed by atoms with Crippen molar-refractivity contribution >= 4 is 28.4 Å². The zero-order valence-electron chi connectivity index (χ0n) is 21.9. The van der Waals surface area contributed by atoms with Crippen LogP contribution in [-0.4, -0.2) is 32.8 Å². The van der Waals surface area contributed by atoms with Crippen molar-refractivity contribution in [2.24, 2.45) is 0 Å². The highest BCUT2D eigenvalue weighted by Crippen LogP contribution is 2.44. The van der Waals surface area contributed by atoms with Crippen LogP contribution in [0.5, 0.6) is 5.75 Å². The fraction of sp³-hybridized carbons (Fsp3) is 0.286. The van der Waals surface area contributed by atoms with Gasteiger partial charge in [-0.25, -0.2) is 9.59 Å². The number of hydrogen-bond donors (Lipinski definition) is 2. The van der Waals surface area contributed by atoms with E-state index in [0.29, 0.717) is 5.56 Å². The number of hydrogen-bond acceptors (Lipinski definition) is 7. The number of carbonyl (C=O) groups is 2. The second-order valence-corrected chi connectivity index (χ2v) is 11.0. The van der Waals surface area contributed by atoms with E-state index in [2.05, 4.69) is 14.8 Å². The third-order valence-electron chi connectivity index (χ3n) is 6.03. The van der Waals surface area contributed by atoms with Crippen LogP contribution in [0.1, 0.15) is 48.9 Å². The summed E-state index contributed by atoms with van der Waals surface area (Å²) in [7, 11) is -5.34. The van der Waals surface area contributed by atoms with Crippen molar-refractivity contribution in [1.82, 2.24) is 5.32 Å². The zero-order chi connectivity index (χ0) is 28.4. The molecule has 4 rings (SSSR count). The Morgan fingerprint density at radius 2 is 1.54 bits per heavy atom. The van der Waals surface area contributed by atoms with E-state index in [4.69, 9.17) is 9.47 Å². The number of ether oxygens (including phenoxy) is 2. The molecule has 0 radical (unpaired) electrons. The van der Waals surface area contributed by atoms with Crippen LogP contribution in [0.3, 0.4) is 0 Å². The van der Waals surface area contributed by atoms with Crippen LogP contribution in [0.25, 0.3) is 11.1 Å². The lowest BCUT2D eigenvalue weighted by atomic mass is 9.98. The Balaban J connectivity index is 1.46. The van der Waals surface area contributed by atoms with Crippen LogP contribution in [0.4, 0.5) is 19.2 Å². The number of anilines is 1. The highest BCUT2D eigenvalue weighted by molar-refractivity contribution is 7.81. The molecule has 39 heavy (non-hydrogen) atoms. The summed E-state index contributed by atoms with van der Waals surface area (Å²) in [4.78, 5) is 24.9. The molecule has 0 spiro atoms. The number of rotatable bonds is 7. The maximum atomic E-state index is 13.3. The predicted molar refractivity (Wildman–Crippen MR) is 144 cm³/mol. The Morgan fingerprint density at radius 1 is 0.949 bits per heavy atom. The molecule has 2 amide bonds. The summed E-state index contributed by atoms with van der Waals surface area (Å²) in [6.45, 7) is 6.46. The van der Waals surface area contributed by atoms with Crippen LogP contribution in [0, 0.1) is 6.92 Å². The van der Waals surface area contributed by atoms with E-state index in [1.165, 1.54) is 19.1 Å². The third-order valence-corrected chi connectivity index (χ3v) is 6.40. The Labute approximate surface area is 226 Å². The fourth-order valence-corrected chi connectivity index (χ4v) is 4.80. The molecule has 0 fully saturated rings. The lowest BCUT2D eigenvalue weighted by Crippen LogP contribution is -2.28. The molecule has 1 aliphatic carbocycles. The first-order valence-electron chi connectivity index (χ1n) is 12.2. The van der Waals surface area contributed by atoms with Crippen LogP contribution in [-0.2, 0) is 26.5 Å². The van der Waals surface area contributed by atoms with E-state index in [-0.39, 0.29) is 36.1 Å². The van der Waals surface area contributed by atoms with Gasteiger partial charge in [0, 0.05) is 18.0 Å². The maximum absolute atomic E-state index is 13.3. The van der Waals surface area contributed by atoms with E-state index in [0.717, 1.165) is 22.3 Å². The largest absolute Gasteiger partial charge is 0.488 e. The van der Waals surface area contributed by atoms with E-state index >= 15 is 0 Å². The second-order valence-electron chi connectivity index (χ2n) is 10.0. The number of halogens is 1. The number of fused-ring (bicyclic) bond motifs is 3. The van der Waals surface area contributed by atoms with Crippen molar-refractivity contribution in [2.45, 2.75) is 45.8 Å². The van der Waals surface area contributed by atoms with Gasteiger partial charge >= 0.3 is 22.7 Å². The Morgan fingerprint density at radius 3 is 2.10 bits per heavy atom. The Bertz CT molecular complexity index is 1470. The van der Waals surface area contributed by atoms with Crippen LogP contribution in [0.15, 0.2) is 60.7 Å². The number of alkyl carbamates (subject to hydrolysis) is 1. The van der Waals surface area contributed by atoms with Gasteiger partial charge < -0.3 is 19.0 Å². The molecule has 0 aliphatic heterocycles. The lowest BCUT2D eigenvalue weighted by Gasteiger charge is -2.21. The van der Waals surface area contributed by atoms with E-state index < -0.39 is 28.3 Å². The van der Waals surface area contributed by atoms with Crippen LogP contribution < -0.4 is 14.8 Å². The predicted octanol–water partition coefficient (Wildman–Crippen LogP) is 5.97. The van der Waals surface area contributed by atoms with Crippen molar-refractivity contribution in [3.05, 3.63) is 82.9 Å². The molecule has 0 atom stereocenters. The zero-order valence-corrected chi connectivity index (χ0v) is 22.7. The summed E-state index contributed by atoms with van der Waals surface area (Å²) >= 11 is 0. The fourth-order valence-electron chi connectivity index (χ4n) is 4.41. The number of nitrogens with one attached hydrogen (secondary N) is 2. The van der Waals surface area contributed by atoms with Gasteiger partial charge in [0.2, 0.25) is 0 Å². The summed E-state index contributed by atoms with van der Waals surface area (Å²) in [5.74, 6) is -0.475. The normalized spacial score (nSPS) is 12.7. The summed E-state index contributed by atoms with van der Waals surface area (Å²) in [6, 6.07) is 18.6. The molecule has 1 aliphatic rings. The van der Waals surface area contributed by atoms with Gasteiger partial charge in [-0.15, -0.1) is 0 Å². The van der Waals surface area contributed by atoms with Crippen molar-refractivity contribution in [2.75, 3.05) is 11.9 Å². The second kappa shape index (κ2) is 10.9. The van der Waals surface area contributed by atoms with Gasteiger partial charge in [0.25, 0.3) is 0 Å². The minimum absolute atomic E-state index is 0.105. The first-order chi connectivity index (χ1) is 18.3. The minimum atomic E-state index is -5.34. The van der Waals surface area contributed by atoms with Gasteiger partial charge in [-0.3, -0.25) is 5.32 Å². The standard InChI is InChI=1S/C28H29FN2O7S/c1-17-24(31-27(33)37-28(2,3)4)13-18(14-25(17)38-39(29,34)35)15-30-26(32)36-16-23-21-11-7-5-9-19(21)20-10-6-8-12-22(20)23/h5-14,23H,15-16H2,1-4H3,(H,30,32)(H,31,33). The average molecular weight is 557 g/mol. The first kappa shape index (κ1) is 27.9. The smallest absolute Gasteiger partial charge is 0.449 e. The Kier molecular flexibility index (Phi) is 7.82. The Hall–Kier alpha value is -4.12. The van der Waals surface area contributed by atoms with E-state index in [9.17, 15) is 21.9 Å². The van der Waals surface area contributed by atoms with Gasteiger partial charge in [-0.1, -0.05) is 52.4 Å². The molecule has 0 unspecified atom stereocenters. The van der Waals surface area contributed by atoms with Crippen molar-refractivity contribution < 1.29 is 35.5 Å². The van der Waals surface area contributed by atoms with Crippen LogP contribution in [0.2, 0.25) is 0 Å². The monoisotopic (exact) mass is 556 g/mol. The average Bonchev–Trinajstić information content (AvgIpc) is 3.16. The third kappa shape index (κ3) is 7.05. The van der Waals surface area contributed by atoms with Crippen molar-refractivity contribution in [3.8, 4) is 16.9 Å². The maximum Gasteiger partial charge on any atom is 0.488 e. The lowest BCUT2D eigenvalue weighted by molar-refractivity contribution is 0.0635. The van der Waals surface area contributed by atoms with Crippen LogP contribution >= 0.6 is 0 Å². The molecule has 2 N–H and O–H groups in total. The number of benzene rings is 3. The van der Waals surface area contributed by atoms with Gasteiger partial charge in [0.15, 0.2) is 5.75 Å². The molecule has 9 nitrogen and oxygen atoms in total. The molecule has 11 heteroatoms. The molecule has 0 bridgehead atoms. The summed E-state index contributed by atoms with van der Waals surface area (Å²) in [5, 5.41) is 5.09. The van der Waals surface area contributed by atoms with E-state index in [1.807, 2.05) is 48.5 Å². The molecule has 206 valence electrons. The van der Waals surface area contributed by atoms with Gasteiger partial charge in [-0.2, -0.15) is 8.42 Å². The molecule has 3 aromatic carbocycles. The summed E-state index contributed by atoms with van der Waals surface area (Å²) in [6.07, 6.45) is -1.51. The minimum Gasteiger partial charge on any atom is -0.449 e. The number of amides is 2. The molecule has 3 aromatic rings. The molecule has 0 saturated carbocycles. The summed E-state index contributed by atoms with van der Waals surface area (Å²) in [5.41, 5.74) is 4.13. The number of carbonyl (C=O) groups excluding carboxylic acids is 2. The van der Waals surface area contributed by atoms with Gasteiger partial charge in [-0.05, 0) is 67.6 Å². The van der Waals surface area contributed by atoms with Crippen molar-refractivity contribution in [1.29, 1.82) is 0 Å². The SMILES string of the molecule is Cc1c(NC(=O)OC(C)(C)C)cc(CNC(=O)OCC2c3ccccc3-c3ccccc32)cc1OS(=O)(=O)F. The first-order valence-corrected chi connectivity index (χ1v) is 13.5. The van der Waals surface area contributed by atoms with Gasteiger partial charge in [0.05, 0.1) is 5.69 Å². The van der Waals surface area contributed by atoms with E-state index in [1.54, 1.807) is 20.8 Å². The molecule has 0 aromatic heterocycles. The quantitative estimate of drug-likeness (QED) is 0.344. The highest BCUT2D eigenvalue weighted by Gasteiger charge is 2.29. The molecule has 0 saturated heterocycles. The molecular weight excluding hydrogens is 527 g/mol. The van der Waals surface area contributed by atoms with Crippen molar-refractivity contribution in [3.63, 3.8) is 0 Å².